The number of nitrogens with zero attached hydrogens (tertiary/aromatic N) is 2. The second-order valence-corrected chi connectivity index (χ2v) is 9.20. The fourth-order valence-corrected chi connectivity index (χ4v) is 5.47. The van der Waals surface area contributed by atoms with Gasteiger partial charge in [-0.3, -0.25) is 14.5 Å². The first kappa shape index (κ1) is 23.4. The highest BCUT2D eigenvalue weighted by Crippen LogP contribution is 2.43. The fourth-order valence-electron chi connectivity index (χ4n) is 5.47. The number of hydrogen-bond donors (Lipinski definition) is 2. The quantitative estimate of drug-likeness (QED) is 0.611. The normalized spacial score (nSPS) is 22.3. The van der Waals surface area contributed by atoms with Gasteiger partial charge >= 0.3 is 0 Å². The van der Waals surface area contributed by atoms with Gasteiger partial charge in [0.2, 0.25) is 11.8 Å². The molecule has 0 spiro atoms. The maximum atomic E-state index is 13.1. The average Bonchev–Trinajstić information content (AvgIpc) is 3.06. The van der Waals surface area contributed by atoms with Crippen LogP contribution in [0.5, 0.6) is 0 Å². The van der Waals surface area contributed by atoms with Crippen LogP contribution in [-0.2, 0) is 11.2 Å². The Morgan fingerprint density at radius 3 is 2.39 bits per heavy atom. The van der Waals surface area contributed by atoms with Gasteiger partial charge in [-0.25, -0.2) is 4.39 Å². The van der Waals surface area contributed by atoms with Crippen LogP contribution in [0.1, 0.15) is 53.1 Å². The highest BCUT2D eigenvalue weighted by atomic mass is 19.1. The van der Waals surface area contributed by atoms with Crippen molar-refractivity contribution in [3.8, 4) is 0 Å². The number of amides is 2. The Morgan fingerprint density at radius 1 is 1.06 bits per heavy atom. The number of carbonyl (C=O) groups is 2. The van der Waals surface area contributed by atoms with Crippen LogP contribution in [0.4, 0.5) is 4.39 Å². The number of benzene rings is 2. The van der Waals surface area contributed by atoms with Gasteiger partial charge in [-0.1, -0.05) is 24.3 Å². The molecule has 0 radical (unpaired) electrons. The first-order valence-corrected chi connectivity index (χ1v) is 11.7. The lowest BCUT2D eigenvalue weighted by molar-refractivity contribution is -0.134. The van der Waals surface area contributed by atoms with Gasteiger partial charge in [0, 0.05) is 37.3 Å². The molecular formula is C26H32FN3O3. The van der Waals surface area contributed by atoms with Gasteiger partial charge in [-0.05, 0) is 73.4 Å². The number of hydrogen-bond acceptors (Lipinski definition) is 4. The minimum Gasteiger partial charge on any atom is -0.387 e. The van der Waals surface area contributed by atoms with Crippen molar-refractivity contribution < 1.29 is 19.1 Å². The summed E-state index contributed by atoms with van der Waals surface area (Å²) in [5, 5.41) is 9.43. The number of aliphatic hydroxyl groups excluding tert-OH is 1. The van der Waals surface area contributed by atoms with E-state index in [2.05, 4.69) is 11.0 Å². The zero-order chi connectivity index (χ0) is 23.4. The van der Waals surface area contributed by atoms with E-state index in [-0.39, 0.29) is 11.7 Å². The molecule has 2 aliphatic heterocycles. The van der Waals surface area contributed by atoms with E-state index in [1.807, 2.05) is 12.1 Å². The largest absolute Gasteiger partial charge is 0.387 e. The maximum absolute atomic E-state index is 13.1. The fraction of sp³-hybridized carbons (Fsp3) is 0.462. The van der Waals surface area contributed by atoms with Crippen LogP contribution in [0.2, 0.25) is 0 Å². The Hall–Kier alpha value is -2.77. The van der Waals surface area contributed by atoms with E-state index < -0.39 is 12.5 Å². The monoisotopic (exact) mass is 453 g/mol. The summed E-state index contributed by atoms with van der Waals surface area (Å²) in [7, 11) is 0. The van der Waals surface area contributed by atoms with Gasteiger partial charge in [0.15, 0.2) is 0 Å². The van der Waals surface area contributed by atoms with E-state index in [9.17, 15) is 19.1 Å². The summed E-state index contributed by atoms with van der Waals surface area (Å²) in [6.07, 6.45) is 4.96. The number of nitrogens with two attached hydrogens (primary N) is 1. The Bertz CT molecular complexity index is 967. The molecule has 2 amide bonds. The van der Waals surface area contributed by atoms with Crippen molar-refractivity contribution in [2.45, 2.75) is 50.1 Å². The number of carbonyl (C=O) groups excluding carboxylic acids is 2. The van der Waals surface area contributed by atoms with Crippen LogP contribution >= 0.6 is 0 Å². The molecule has 2 aliphatic rings. The third-order valence-electron chi connectivity index (χ3n) is 7.23. The predicted molar refractivity (Wildman–Crippen MR) is 124 cm³/mol. The number of halogens is 1. The second-order valence-electron chi connectivity index (χ2n) is 9.20. The topological polar surface area (TPSA) is 86.9 Å². The highest BCUT2D eigenvalue weighted by molar-refractivity contribution is 5.92. The molecule has 0 saturated carbocycles. The van der Waals surface area contributed by atoms with Crippen molar-refractivity contribution in [1.29, 1.82) is 0 Å². The molecule has 33 heavy (non-hydrogen) atoms. The van der Waals surface area contributed by atoms with Crippen LogP contribution in [-0.4, -0.2) is 65.0 Å². The van der Waals surface area contributed by atoms with Gasteiger partial charge in [-0.15, -0.1) is 0 Å². The van der Waals surface area contributed by atoms with E-state index >= 15 is 0 Å². The molecule has 3 N–H and O–H groups in total. The van der Waals surface area contributed by atoms with E-state index in [0.29, 0.717) is 43.1 Å². The molecule has 0 aromatic heterocycles. The molecule has 7 heteroatoms. The molecule has 2 aromatic rings. The standard InChI is InChI=1S/C26H32FN3O3/c27-22-6-4-18(5-7-22)10-11-29(25(32)17-31)12-13-30-23-8-9-24(30)16-21(15-23)19-2-1-3-20(14-19)26(28)33/h1-7,14,21,23-24,31H,8-13,15-17H2,(H2,28,33). The van der Waals surface area contributed by atoms with E-state index in [1.54, 1.807) is 23.1 Å². The third-order valence-corrected chi connectivity index (χ3v) is 7.23. The van der Waals surface area contributed by atoms with Crippen LogP contribution in [0.3, 0.4) is 0 Å². The minimum absolute atomic E-state index is 0.275. The number of rotatable bonds is 9. The molecule has 0 aliphatic carbocycles. The summed E-state index contributed by atoms with van der Waals surface area (Å²) in [6, 6.07) is 14.9. The van der Waals surface area contributed by atoms with E-state index in [1.165, 1.54) is 17.7 Å². The summed E-state index contributed by atoms with van der Waals surface area (Å²) in [5.41, 5.74) is 8.16. The summed E-state index contributed by atoms with van der Waals surface area (Å²) < 4.78 is 13.1. The highest BCUT2D eigenvalue weighted by Gasteiger charge is 2.41. The predicted octanol–water partition coefficient (Wildman–Crippen LogP) is 2.70. The average molecular weight is 454 g/mol. The summed E-state index contributed by atoms with van der Waals surface area (Å²) in [5.74, 6) is -0.539. The van der Waals surface area contributed by atoms with Crippen molar-refractivity contribution in [1.82, 2.24) is 9.80 Å². The molecular weight excluding hydrogens is 421 g/mol. The van der Waals surface area contributed by atoms with Gasteiger partial charge in [0.25, 0.3) is 0 Å². The van der Waals surface area contributed by atoms with E-state index in [0.717, 1.165) is 37.8 Å². The summed E-state index contributed by atoms with van der Waals surface area (Å²) in [4.78, 5) is 28.1. The lowest BCUT2D eigenvalue weighted by Crippen LogP contribution is -2.47. The Labute approximate surface area is 194 Å². The van der Waals surface area contributed by atoms with Crippen molar-refractivity contribution in [3.05, 3.63) is 71.0 Å². The first-order chi connectivity index (χ1) is 15.9. The van der Waals surface area contributed by atoms with Crippen LogP contribution in [0, 0.1) is 5.82 Å². The Kier molecular flexibility index (Phi) is 7.40. The minimum atomic E-state index is -0.505. The third kappa shape index (κ3) is 5.60. The van der Waals surface area contributed by atoms with Crippen LogP contribution in [0.25, 0.3) is 0 Å². The van der Waals surface area contributed by atoms with Crippen molar-refractivity contribution in [2.75, 3.05) is 26.2 Å². The molecule has 2 saturated heterocycles. The van der Waals surface area contributed by atoms with Crippen LogP contribution in [0.15, 0.2) is 48.5 Å². The van der Waals surface area contributed by atoms with Gasteiger partial charge in [-0.2, -0.15) is 0 Å². The SMILES string of the molecule is NC(=O)c1cccc(C2CC3CCC(C2)N3CCN(CCc2ccc(F)cc2)C(=O)CO)c1. The molecule has 2 heterocycles. The molecule has 2 aromatic carbocycles. The summed E-state index contributed by atoms with van der Waals surface area (Å²) >= 11 is 0. The van der Waals surface area contributed by atoms with Gasteiger partial charge in [0.1, 0.15) is 12.4 Å². The van der Waals surface area contributed by atoms with Crippen LogP contribution < -0.4 is 5.73 Å². The number of fused-ring (bicyclic) bond motifs is 2. The lowest BCUT2D eigenvalue weighted by atomic mass is 9.84. The van der Waals surface area contributed by atoms with E-state index in [4.69, 9.17) is 5.73 Å². The molecule has 2 unspecified atom stereocenters. The van der Waals surface area contributed by atoms with Gasteiger partial charge < -0.3 is 15.7 Å². The van der Waals surface area contributed by atoms with Crippen molar-refractivity contribution in [3.63, 3.8) is 0 Å². The molecule has 2 atom stereocenters. The lowest BCUT2D eigenvalue weighted by Gasteiger charge is -2.40. The van der Waals surface area contributed by atoms with Gasteiger partial charge in [0.05, 0.1) is 0 Å². The Balaban J connectivity index is 1.35. The molecule has 6 nitrogen and oxygen atoms in total. The molecule has 2 bridgehead atoms. The number of piperidine rings is 1. The maximum Gasteiger partial charge on any atom is 0.248 e. The zero-order valence-corrected chi connectivity index (χ0v) is 18.8. The number of aliphatic hydroxyl groups is 1. The Morgan fingerprint density at radius 2 is 1.76 bits per heavy atom. The molecule has 176 valence electrons. The van der Waals surface area contributed by atoms with Crippen molar-refractivity contribution >= 4 is 11.8 Å². The first-order valence-electron chi connectivity index (χ1n) is 11.7. The second kappa shape index (κ2) is 10.4. The zero-order valence-electron chi connectivity index (χ0n) is 18.8. The summed E-state index contributed by atoms with van der Waals surface area (Å²) in [6.45, 7) is 1.33. The molecule has 2 fully saturated rings. The smallest absolute Gasteiger partial charge is 0.248 e. The number of primary amides is 1. The molecule has 4 rings (SSSR count). The van der Waals surface area contributed by atoms with Crippen molar-refractivity contribution in [2.24, 2.45) is 5.73 Å².